The van der Waals surface area contributed by atoms with E-state index in [1.807, 2.05) is 0 Å². The van der Waals surface area contributed by atoms with Crippen LogP contribution in [0.5, 0.6) is 0 Å². The zero-order valence-electron chi connectivity index (χ0n) is 19.8. The molecule has 0 bridgehead atoms. The minimum Gasteiger partial charge on any atom is -0.465 e. The van der Waals surface area contributed by atoms with Crippen molar-refractivity contribution in [3.8, 4) is 0 Å². The van der Waals surface area contributed by atoms with Gasteiger partial charge in [0.25, 0.3) is 5.56 Å². The van der Waals surface area contributed by atoms with E-state index in [1.165, 1.54) is 22.2 Å². The molecule has 0 saturated carbocycles. The summed E-state index contributed by atoms with van der Waals surface area (Å²) in [5.41, 5.74) is 1.17. The Morgan fingerprint density at radius 1 is 1.19 bits per heavy atom. The van der Waals surface area contributed by atoms with Crippen molar-refractivity contribution in [1.82, 2.24) is 29.3 Å². The lowest BCUT2D eigenvalue weighted by Crippen LogP contribution is -2.40. The van der Waals surface area contributed by atoms with Crippen molar-refractivity contribution in [1.29, 1.82) is 0 Å². The molecule has 1 fully saturated rings. The maximum absolute atomic E-state index is 13.3. The predicted molar refractivity (Wildman–Crippen MR) is 135 cm³/mol. The lowest BCUT2D eigenvalue weighted by molar-refractivity contribution is 0.0600. The summed E-state index contributed by atoms with van der Waals surface area (Å²) >= 11 is 6.17. The van der Waals surface area contributed by atoms with E-state index in [4.69, 9.17) is 16.3 Å². The number of ether oxygens (including phenoxy) is 1. The molecule has 1 unspecified atom stereocenters. The maximum atomic E-state index is 13.3. The summed E-state index contributed by atoms with van der Waals surface area (Å²) in [5.74, 6) is -0.388. The van der Waals surface area contributed by atoms with Crippen molar-refractivity contribution in [3.63, 3.8) is 0 Å². The first-order chi connectivity index (χ1) is 17.8. The van der Waals surface area contributed by atoms with Crippen molar-refractivity contribution >= 4 is 38.8 Å². The van der Waals surface area contributed by atoms with E-state index < -0.39 is 21.6 Å². The van der Waals surface area contributed by atoms with E-state index in [-0.39, 0.29) is 34.4 Å². The number of H-pyrrole nitrogens is 1. The third-order valence-corrected chi connectivity index (χ3v) is 8.69. The normalized spacial score (nSPS) is 16.6. The molecule has 0 amide bonds. The van der Waals surface area contributed by atoms with Crippen LogP contribution in [-0.4, -0.2) is 63.9 Å². The molecule has 2 aromatic carbocycles. The van der Waals surface area contributed by atoms with Crippen LogP contribution in [-0.2, 0) is 21.3 Å². The first kappa shape index (κ1) is 25.1. The Hall–Kier alpha value is -3.61. The summed E-state index contributed by atoms with van der Waals surface area (Å²) in [6.45, 7) is 0.766. The summed E-state index contributed by atoms with van der Waals surface area (Å²) in [4.78, 5) is 31.9. The van der Waals surface area contributed by atoms with Gasteiger partial charge >= 0.3 is 5.97 Å². The predicted octanol–water partition coefficient (Wildman–Crippen LogP) is 2.57. The molecule has 3 heterocycles. The van der Waals surface area contributed by atoms with Gasteiger partial charge in [-0.15, -0.1) is 5.10 Å². The highest BCUT2D eigenvalue weighted by Crippen LogP contribution is 2.31. The topological polar surface area (TPSA) is 140 Å². The van der Waals surface area contributed by atoms with E-state index in [2.05, 4.69) is 20.3 Å². The Bertz CT molecular complexity index is 1630. The van der Waals surface area contributed by atoms with E-state index in [0.29, 0.717) is 36.4 Å². The summed E-state index contributed by atoms with van der Waals surface area (Å²) in [7, 11) is -2.50. The average Bonchev–Trinajstić information content (AvgIpc) is 3.32. The molecule has 192 valence electrons. The van der Waals surface area contributed by atoms with Gasteiger partial charge in [-0.25, -0.2) is 22.9 Å². The number of piperidine rings is 1. The number of hydrogen-bond acceptors (Lipinski definition) is 8. The summed E-state index contributed by atoms with van der Waals surface area (Å²) < 4.78 is 34.1. The van der Waals surface area contributed by atoms with Gasteiger partial charge in [0, 0.05) is 19.0 Å². The molecule has 1 aliphatic heterocycles. The number of methoxy groups -OCH3 is 1. The molecule has 13 heteroatoms. The second-order valence-corrected chi connectivity index (χ2v) is 11.0. The SMILES string of the molecule is COC(=O)c1ccc(Cn2nnc3c(=O)[nH]c(C4CCCN(S(=O)(=O)c5ccccc5Cl)C4)nc32)cc1. The number of nitrogens with one attached hydrogen (secondary N) is 1. The van der Waals surface area contributed by atoms with Crippen molar-refractivity contribution in [2.24, 2.45) is 0 Å². The number of sulfonamides is 1. The Morgan fingerprint density at radius 2 is 1.95 bits per heavy atom. The number of carbonyl (C=O) groups excluding carboxylic acids is 1. The number of halogens is 1. The third kappa shape index (κ3) is 4.87. The van der Waals surface area contributed by atoms with Crippen LogP contribution >= 0.6 is 11.6 Å². The van der Waals surface area contributed by atoms with Crippen LogP contribution < -0.4 is 5.56 Å². The molecule has 1 aliphatic rings. The maximum Gasteiger partial charge on any atom is 0.337 e. The molecule has 1 N–H and O–H groups in total. The summed E-state index contributed by atoms with van der Waals surface area (Å²) in [5, 5.41) is 8.22. The van der Waals surface area contributed by atoms with E-state index in [0.717, 1.165) is 5.56 Å². The van der Waals surface area contributed by atoms with Crippen LogP contribution in [0.25, 0.3) is 11.2 Å². The van der Waals surface area contributed by atoms with Crippen LogP contribution in [0.3, 0.4) is 0 Å². The monoisotopic (exact) mass is 542 g/mol. The van der Waals surface area contributed by atoms with Gasteiger partial charge in [-0.05, 0) is 42.7 Å². The Labute approximate surface area is 217 Å². The number of hydrogen-bond donors (Lipinski definition) is 1. The third-order valence-electron chi connectivity index (χ3n) is 6.32. The fourth-order valence-electron chi connectivity index (χ4n) is 4.40. The fourth-order valence-corrected chi connectivity index (χ4v) is 6.41. The van der Waals surface area contributed by atoms with Gasteiger partial charge in [-0.3, -0.25) is 4.79 Å². The van der Waals surface area contributed by atoms with Gasteiger partial charge in [0.1, 0.15) is 10.7 Å². The fraction of sp³-hybridized carbons (Fsp3) is 0.292. The Kier molecular flexibility index (Phi) is 6.80. The quantitative estimate of drug-likeness (QED) is 0.367. The molecular formula is C24H23ClN6O5S. The number of benzene rings is 2. The van der Waals surface area contributed by atoms with E-state index >= 15 is 0 Å². The summed E-state index contributed by atoms with van der Waals surface area (Å²) in [6.07, 6.45) is 1.25. The molecule has 0 aliphatic carbocycles. The zero-order chi connectivity index (χ0) is 26.2. The van der Waals surface area contributed by atoms with Crippen molar-refractivity contribution < 1.29 is 17.9 Å². The lowest BCUT2D eigenvalue weighted by Gasteiger charge is -2.31. The molecule has 37 heavy (non-hydrogen) atoms. The first-order valence-electron chi connectivity index (χ1n) is 11.5. The van der Waals surface area contributed by atoms with Crippen LogP contribution in [0, 0.1) is 0 Å². The molecule has 0 radical (unpaired) electrons. The number of esters is 1. The number of fused-ring (bicyclic) bond motifs is 1. The minimum absolute atomic E-state index is 0.0507. The number of rotatable bonds is 6. The molecule has 4 aromatic rings. The second kappa shape index (κ2) is 10.0. The van der Waals surface area contributed by atoms with Gasteiger partial charge in [0.05, 0.1) is 24.2 Å². The molecule has 1 atom stereocenters. The summed E-state index contributed by atoms with van der Waals surface area (Å²) in [6, 6.07) is 13.1. The number of aromatic nitrogens is 5. The van der Waals surface area contributed by atoms with Crippen molar-refractivity contribution in [2.75, 3.05) is 20.2 Å². The molecule has 0 spiro atoms. The Morgan fingerprint density at radius 3 is 2.68 bits per heavy atom. The highest BCUT2D eigenvalue weighted by Gasteiger charge is 2.33. The first-order valence-corrected chi connectivity index (χ1v) is 13.3. The van der Waals surface area contributed by atoms with Crippen LogP contribution in [0.15, 0.2) is 58.2 Å². The van der Waals surface area contributed by atoms with Crippen molar-refractivity contribution in [2.45, 2.75) is 30.2 Å². The van der Waals surface area contributed by atoms with Crippen molar-refractivity contribution in [3.05, 3.63) is 80.9 Å². The van der Waals surface area contributed by atoms with E-state index in [9.17, 15) is 18.0 Å². The average molecular weight is 543 g/mol. The second-order valence-electron chi connectivity index (χ2n) is 8.69. The zero-order valence-corrected chi connectivity index (χ0v) is 21.4. The smallest absolute Gasteiger partial charge is 0.337 e. The molecule has 11 nitrogen and oxygen atoms in total. The van der Waals surface area contributed by atoms with Crippen LogP contribution in [0.1, 0.15) is 40.5 Å². The number of carbonyl (C=O) groups is 1. The Balaban J connectivity index is 1.43. The standard InChI is InChI=1S/C24H23ClN6O5S/c1-36-24(33)16-10-8-15(9-11-16)13-31-22-20(28-29-31)23(32)27-21(26-22)17-5-4-12-30(14-17)37(34,35)19-7-3-2-6-18(19)25/h2-3,6-11,17H,4-5,12-14H2,1H3,(H,26,27,32). The van der Waals surface area contributed by atoms with Gasteiger partial charge in [0.15, 0.2) is 11.2 Å². The molecule has 5 rings (SSSR count). The lowest BCUT2D eigenvalue weighted by atomic mass is 9.99. The minimum atomic E-state index is -3.82. The highest BCUT2D eigenvalue weighted by molar-refractivity contribution is 7.89. The van der Waals surface area contributed by atoms with Crippen LogP contribution in [0.4, 0.5) is 0 Å². The number of aromatic amines is 1. The molecular weight excluding hydrogens is 520 g/mol. The van der Waals surface area contributed by atoms with Gasteiger partial charge in [-0.1, -0.05) is 41.1 Å². The van der Waals surface area contributed by atoms with Gasteiger partial charge in [-0.2, -0.15) is 4.31 Å². The van der Waals surface area contributed by atoms with E-state index in [1.54, 1.807) is 42.5 Å². The molecule has 2 aromatic heterocycles. The van der Waals surface area contributed by atoms with Crippen LogP contribution in [0.2, 0.25) is 5.02 Å². The van der Waals surface area contributed by atoms with Gasteiger partial charge < -0.3 is 9.72 Å². The largest absolute Gasteiger partial charge is 0.465 e. The molecule has 1 saturated heterocycles. The number of nitrogens with zero attached hydrogens (tertiary/aromatic N) is 5. The van der Waals surface area contributed by atoms with Gasteiger partial charge in [0.2, 0.25) is 10.0 Å². The highest BCUT2D eigenvalue weighted by atomic mass is 35.5.